The second-order valence-corrected chi connectivity index (χ2v) is 4.11. The third kappa shape index (κ3) is 2.20. The van der Waals surface area contributed by atoms with E-state index in [-0.39, 0.29) is 5.82 Å². The number of halogens is 1. The van der Waals surface area contributed by atoms with Crippen LogP contribution in [0.5, 0.6) is 0 Å². The Bertz CT molecular complexity index is 548. The van der Waals surface area contributed by atoms with Crippen molar-refractivity contribution >= 4 is 5.95 Å². The average molecular weight is 248 g/mol. The predicted octanol–water partition coefficient (Wildman–Crippen LogP) is 2.84. The SMILES string of the molecule is CCNc1nnc(-c2ccc(C)cc2F)n1CC. The highest BCUT2D eigenvalue weighted by Crippen LogP contribution is 2.24. The lowest BCUT2D eigenvalue weighted by Crippen LogP contribution is -2.07. The van der Waals surface area contributed by atoms with Gasteiger partial charge >= 0.3 is 0 Å². The Hall–Kier alpha value is -1.91. The molecule has 0 unspecified atom stereocenters. The summed E-state index contributed by atoms with van der Waals surface area (Å²) in [7, 11) is 0. The summed E-state index contributed by atoms with van der Waals surface area (Å²) in [5.41, 5.74) is 1.38. The van der Waals surface area contributed by atoms with Crippen LogP contribution >= 0.6 is 0 Å². The van der Waals surface area contributed by atoms with Crippen molar-refractivity contribution in [2.75, 3.05) is 11.9 Å². The van der Waals surface area contributed by atoms with E-state index >= 15 is 0 Å². The van der Waals surface area contributed by atoms with Crippen LogP contribution in [0.2, 0.25) is 0 Å². The van der Waals surface area contributed by atoms with Gasteiger partial charge in [-0.2, -0.15) is 0 Å². The fourth-order valence-corrected chi connectivity index (χ4v) is 1.89. The number of anilines is 1. The van der Waals surface area contributed by atoms with Crippen molar-refractivity contribution < 1.29 is 4.39 Å². The maximum Gasteiger partial charge on any atom is 0.224 e. The van der Waals surface area contributed by atoms with E-state index in [1.54, 1.807) is 6.07 Å². The Morgan fingerprint density at radius 3 is 2.67 bits per heavy atom. The number of nitrogens with zero attached hydrogens (tertiary/aromatic N) is 3. The van der Waals surface area contributed by atoms with Gasteiger partial charge in [-0.05, 0) is 38.5 Å². The number of rotatable bonds is 4. The van der Waals surface area contributed by atoms with E-state index in [2.05, 4.69) is 15.5 Å². The molecule has 0 aliphatic carbocycles. The molecule has 1 aromatic heterocycles. The van der Waals surface area contributed by atoms with Gasteiger partial charge in [-0.25, -0.2) is 4.39 Å². The second-order valence-electron chi connectivity index (χ2n) is 4.11. The zero-order valence-electron chi connectivity index (χ0n) is 10.9. The van der Waals surface area contributed by atoms with E-state index in [1.165, 1.54) is 6.07 Å². The molecule has 0 aliphatic rings. The van der Waals surface area contributed by atoms with Crippen LogP contribution in [0.1, 0.15) is 19.4 Å². The number of aryl methyl sites for hydroxylation is 1. The lowest BCUT2D eigenvalue weighted by atomic mass is 10.1. The molecule has 1 aromatic carbocycles. The molecule has 0 amide bonds. The summed E-state index contributed by atoms with van der Waals surface area (Å²) in [4.78, 5) is 0. The van der Waals surface area contributed by atoms with Crippen molar-refractivity contribution in [3.8, 4) is 11.4 Å². The molecule has 0 saturated carbocycles. The Morgan fingerprint density at radius 1 is 1.28 bits per heavy atom. The van der Waals surface area contributed by atoms with Gasteiger partial charge in [0.05, 0.1) is 5.56 Å². The van der Waals surface area contributed by atoms with Crippen LogP contribution < -0.4 is 5.32 Å². The van der Waals surface area contributed by atoms with Crippen LogP contribution in [0.15, 0.2) is 18.2 Å². The lowest BCUT2D eigenvalue weighted by molar-refractivity contribution is 0.626. The second kappa shape index (κ2) is 5.16. The van der Waals surface area contributed by atoms with E-state index in [4.69, 9.17) is 0 Å². The Balaban J connectivity index is 2.50. The molecule has 0 saturated heterocycles. The van der Waals surface area contributed by atoms with Gasteiger partial charge in [-0.1, -0.05) is 6.07 Å². The highest BCUT2D eigenvalue weighted by Gasteiger charge is 2.15. The number of nitrogens with one attached hydrogen (secondary N) is 1. The van der Waals surface area contributed by atoms with Crippen LogP contribution in [-0.2, 0) is 6.54 Å². The third-order valence-electron chi connectivity index (χ3n) is 2.77. The van der Waals surface area contributed by atoms with Gasteiger partial charge in [0.25, 0.3) is 0 Å². The van der Waals surface area contributed by atoms with Gasteiger partial charge < -0.3 is 5.32 Å². The summed E-state index contributed by atoms with van der Waals surface area (Å²) in [6.45, 7) is 7.29. The Morgan fingerprint density at radius 2 is 2.06 bits per heavy atom. The Labute approximate surface area is 106 Å². The molecule has 1 N–H and O–H groups in total. The summed E-state index contributed by atoms with van der Waals surface area (Å²) >= 11 is 0. The molecule has 2 rings (SSSR count). The first-order chi connectivity index (χ1) is 8.67. The van der Waals surface area contributed by atoms with Gasteiger partial charge in [-0.15, -0.1) is 10.2 Å². The minimum absolute atomic E-state index is 0.264. The molecule has 2 aromatic rings. The van der Waals surface area contributed by atoms with Crippen molar-refractivity contribution in [3.63, 3.8) is 0 Å². The zero-order chi connectivity index (χ0) is 13.1. The van der Waals surface area contributed by atoms with Gasteiger partial charge in [0.1, 0.15) is 5.82 Å². The molecule has 5 heteroatoms. The molecule has 1 heterocycles. The van der Waals surface area contributed by atoms with E-state index in [1.807, 2.05) is 31.4 Å². The van der Waals surface area contributed by atoms with E-state index in [9.17, 15) is 4.39 Å². The normalized spacial score (nSPS) is 10.7. The molecule has 0 atom stereocenters. The molecule has 96 valence electrons. The van der Waals surface area contributed by atoms with Crippen molar-refractivity contribution in [2.24, 2.45) is 0 Å². The number of benzene rings is 1. The molecule has 18 heavy (non-hydrogen) atoms. The highest BCUT2D eigenvalue weighted by molar-refractivity contribution is 5.58. The highest BCUT2D eigenvalue weighted by atomic mass is 19.1. The summed E-state index contributed by atoms with van der Waals surface area (Å²) < 4.78 is 15.8. The van der Waals surface area contributed by atoms with E-state index in [0.29, 0.717) is 23.9 Å². The summed E-state index contributed by atoms with van der Waals surface area (Å²) in [6.07, 6.45) is 0. The van der Waals surface area contributed by atoms with Gasteiger partial charge in [0, 0.05) is 13.1 Å². The quantitative estimate of drug-likeness (QED) is 0.904. The third-order valence-corrected chi connectivity index (χ3v) is 2.77. The smallest absolute Gasteiger partial charge is 0.224 e. The van der Waals surface area contributed by atoms with Crippen LogP contribution in [0.25, 0.3) is 11.4 Å². The average Bonchev–Trinajstić information content (AvgIpc) is 2.72. The van der Waals surface area contributed by atoms with Crippen LogP contribution in [0.4, 0.5) is 10.3 Å². The summed E-state index contributed by atoms with van der Waals surface area (Å²) in [6, 6.07) is 5.13. The molecule has 4 nitrogen and oxygen atoms in total. The monoisotopic (exact) mass is 248 g/mol. The molecule has 0 bridgehead atoms. The first kappa shape index (κ1) is 12.5. The van der Waals surface area contributed by atoms with Gasteiger partial charge in [0.15, 0.2) is 5.82 Å². The van der Waals surface area contributed by atoms with E-state index in [0.717, 1.165) is 12.1 Å². The van der Waals surface area contributed by atoms with Gasteiger partial charge in [-0.3, -0.25) is 4.57 Å². The first-order valence-electron chi connectivity index (χ1n) is 6.11. The number of aromatic nitrogens is 3. The van der Waals surface area contributed by atoms with Crippen LogP contribution in [0, 0.1) is 12.7 Å². The Kier molecular flexibility index (Phi) is 3.60. The standard InChI is InChI=1S/C13H17FN4/c1-4-15-13-17-16-12(18(13)5-2)10-7-6-9(3)8-11(10)14/h6-8H,4-5H2,1-3H3,(H,15,17). The van der Waals surface area contributed by atoms with Crippen LogP contribution in [0.3, 0.4) is 0 Å². The van der Waals surface area contributed by atoms with Crippen molar-refractivity contribution in [3.05, 3.63) is 29.6 Å². The maximum atomic E-state index is 13.9. The molecule has 0 spiro atoms. The lowest BCUT2D eigenvalue weighted by Gasteiger charge is -2.08. The maximum absolute atomic E-state index is 13.9. The molecular formula is C13H17FN4. The molecule has 0 fully saturated rings. The first-order valence-corrected chi connectivity index (χ1v) is 6.11. The summed E-state index contributed by atoms with van der Waals surface area (Å²) in [5, 5.41) is 11.2. The topological polar surface area (TPSA) is 42.7 Å². The fourth-order valence-electron chi connectivity index (χ4n) is 1.89. The van der Waals surface area contributed by atoms with Crippen molar-refractivity contribution in [1.29, 1.82) is 0 Å². The van der Waals surface area contributed by atoms with Crippen LogP contribution in [-0.4, -0.2) is 21.3 Å². The number of hydrogen-bond acceptors (Lipinski definition) is 3. The van der Waals surface area contributed by atoms with Crippen molar-refractivity contribution in [1.82, 2.24) is 14.8 Å². The van der Waals surface area contributed by atoms with Crippen molar-refractivity contribution in [2.45, 2.75) is 27.3 Å². The van der Waals surface area contributed by atoms with Gasteiger partial charge in [0.2, 0.25) is 5.95 Å². The summed E-state index contributed by atoms with van der Waals surface area (Å²) in [5.74, 6) is 0.973. The largest absolute Gasteiger partial charge is 0.355 e. The number of hydrogen-bond donors (Lipinski definition) is 1. The minimum Gasteiger partial charge on any atom is -0.355 e. The molecule has 0 radical (unpaired) electrons. The fraction of sp³-hybridized carbons (Fsp3) is 0.385. The minimum atomic E-state index is -0.264. The van der Waals surface area contributed by atoms with E-state index < -0.39 is 0 Å². The predicted molar refractivity (Wildman–Crippen MR) is 70.0 cm³/mol. The molecular weight excluding hydrogens is 231 g/mol. The molecule has 0 aliphatic heterocycles. The zero-order valence-corrected chi connectivity index (χ0v) is 10.9.